The number of rotatable bonds is 6. The number of aromatic hydroxyl groups is 2. The number of phenolic OH excluding ortho intramolecular Hbond substituents is 2. The quantitative estimate of drug-likeness (QED) is 0.0890. The Balaban J connectivity index is 1.20. The highest BCUT2D eigenvalue weighted by Crippen LogP contribution is 2.44. The van der Waals surface area contributed by atoms with Crippen LogP contribution in [0, 0.1) is 36.5 Å². The van der Waals surface area contributed by atoms with Crippen molar-refractivity contribution in [1.82, 2.24) is 0 Å². The Morgan fingerprint density at radius 2 is 1.33 bits per heavy atom. The molecule has 3 aromatic rings. The maximum absolute atomic E-state index is 12.8. The van der Waals surface area contributed by atoms with Crippen molar-refractivity contribution in [3.05, 3.63) is 99.6 Å². The van der Waals surface area contributed by atoms with E-state index in [0.29, 0.717) is 23.1 Å². The van der Waals surface area contributed by atoms with E-state index in [9.17, 15) is 15.0 Å². The van der Waals surface area contributed by atoms with Gasteiger partial charge in [-0.25, -0.2) is 0 Å². The summed E-state index contributed by atoms with van der Waals surface area (Å²) in [4.78, 5) is 22.7. The Labute approximate surface area is 303 Å². The number of carbonyl (C=O) groups excluding carboxylic acids is 1. The second kappa shape index (κ2) is 14.5. The van der Waals surface area contributed by atoms with Gasteiger partial charge in [-0.3, -0.25) is 14.8 Å². The second-order valence-corrected chi connectivity index (χ2v) is 16.8. The Kier molecular flexibility index (Phi) is 10.3. The van der Waals surface area contributed by atoms with Crippen molar-refractivity contribution in [2.45, 2.75) is 110 Å². The molecule has 2 saturated carbocycles. The number of hydrogen-bond acceptors (Lipinski definition) is 6. The van der Waals surface area contributed by atoms with Crippen LogP contribution in [0.5, 0.6) is 17.2 Å². The van der Waals surface area contributed by atoms with Crippen molar-refractivity contribution < 1.29 is 19.7 Å². The molecule has 0 heterocycles. The molecule has 2 bridgehead atoms. The van der Waals surface area contributed by atoms with Crippen LogP contribution in [-0.2, 0) is 15.6 Å². The third-order valence-corrected chi connectivity index (χ3v) is 10.5. The third-order valence-electron chi connectivity index (χ3n) is 10.5. The predicted octanol–water partition coefficient (Wildman–Crippen LogP) is 9.37. The van der Waals surface area contributed by atoms with E-state index < -0.39 is 0 Å². The van der Waals surface area contributed by atoms with Crippen LogP contribution >= 0.6 is 0 Å². The number of aliphatic imine (C=N–C) groups is 2. The van der Waals surface area contributed by atoms with Gasteiger partial charge >= 0.3 is 5.97 Å². The molecule has 0 aliphatic heterocycles. The zero-order chi connectivity index (χ0) is 36.5. The van der Waals surface area contributed by atoms with Gasteiger partial charge < -0.3 is 14.9 Å². The molecule has 2 N–H and O–H groups in total. The van der Waals surface area contributed by atoms with Gasteiger partial charge in [0.15, 0.2) is 0 Å². The Hall–Kier alpha value is -4.63. The van der Waals surface area contributed by atoms with Crippen LogP contribution in [0.15, 0.2) is 70.7 Å². The maximum atomic E-state index is 12.8. The smallest absolute Gasteiger partial charge is 0.314 e. The average molecular weight is 685 g/mol. The first-order chi connectivity index (χ1) is 24.2. The lowest BCUT2D eigenvalue weighted by Crippen LogP contribution is -2.27. The van der Waals surface area contributed by atoms with E-state index in [1.807, 2.05) is 49.5 Å². The lowest BCUT2D eigenvalue weighted by molar-refractivity contribution is -0.139. The molecule has 3 aliphatic carbocycles. The molecule has 51 heavy (non-hydrogen) atoms. The first-order valence-corrected chi connectivity index (χ1v) is 18.5. The molecule has 3 unspecified atom stereocenters. The summed E-state index contributed by atoms with van der Waals surface area (Å²) in [6.07, 6.45) is 13.9. The summed E-state index contributed by atoms with van der Waals surface area (Å²) in [7, 11) is 0. The molecule has 6 rings (SSSR count). The van der Waals surface area contributed by atoms with Crippen LogP contribution in [0.3, 0.4) is 0 Å². The molecule has 6 heteroatoms. The Morgan fingerprint density at radius 3 is 1.88 bits per heavy atom. The van der Waals surface area contributed by atoms with Crippen LogP contribution in [-0.4, -0.2) is 40.7 Å². The normalized spacial score (nSPS) is 23.2. The molecular formula is C45H52N2O4. The van der Waals surface area contributed by atoms with Gasteiger partial charge in [0.25, 0.3) is 0 Å². The Morgan fingerprint density at radius 1 is 0.765 bits per heavy atom. The molecule has 3 aliphatic rings. The van der Waals surface area contributed by atoms with Crippen molar-refractivity contribution in [3.63, 3.8) is 0 Å². The van der Waals surface area contributed by atoms with Gasteiger partial charge in [-0.15, -0.1) is 0 Å². The Bertz CT molecular complexity index is 1930. The highest BCUT2D eigenvalue weighted by Gasteiger charge is 2.41. The summed E-state index contributed by atoms with van der Waals surface area (Å²) in [6.45, 7) is 14.6. The predicted molar refractivity (Wildman–Crippen MR) is 206 cm³/mol. The first kappa shape index (κ1) is 36.2. The van der Waals surface area contributed by atoms with Crippen molar-refractivity contribution in [2.75, 3.05) is 0 Å². The molecule has 0 amide bonds. The van der Waals surface area contributed by atoms with Crippen molar-refractivity contribution in [2.24, 2.45) is 27.7 Å². The summed E-state index contributed by atoms with van der Waals surface area (Å²) < 4.78 is 5.72. The zero-order valence-corrected chi connectivity index (χ0v) is 31.2. The number of aryl methyl sites for hydroxylation is 1. The van der Waals surface area contributed by atoms with Crippen molar-refractivity contribution in [3.8, 4) is 29.1 Å². The topological polar surface area (TPSA) is 91.5 Å². The summed E-state index contributed by atoms with van der Waals surface area (Å²) >= 11 is 0. The SMILES string of the molecule is Cc1cc(/C=N/[C@@H]2CCCC[C@H]2/N=C/c2cc(C#Cc3ccc(OC(=O)C4CC5C=CC4C5)cc3)cc(C(C)(C)C)c2O)c(O)c(C(C)(C)C)c1. The molecule has 0 radical (unpaired) electrons. The van der Waals surface area contributed by atoms with Crippen LogP contribution in [0.25, 0.3) is 0 Å². The summed E-state index contributed by atoms with van der Waals surface area (Å²) in [5, 5.41) is 22.5. The highest BCUT2D eigenvalue weighted by molar-refractivity contribution is 5.86. The lowest BCUT2D eigenvalue weighted by Gasteiger charge is -2.26. The third kappa shape index (κ3) is 8.47. The number of nitrogens with zero attached hydrogens (tertiary/aromatic N) is 2. The van der Waals surface area contributed by atoms with Crippen molar-refractivity contribution >= 4 is 18.4 Å². The summed E-state index contributed by atoms with van der Waals surface area (Å²) in [6, 6.07) is 15.1. The number of fused-ring (bicyclic) bond motifs is 2. The number of benzene rings is 3. The molecule has 266 valence electrons. The van der Waals surface area contributed by atoms with Gasteiger partial charge in [0.1, 0.15) is 17.2 Å². The van der Waals surface area contributed by atoms with Crippen LogP contribution in [0.4, 0.5) is 0 Å². The van der Waals surface area contributed by atoms with Crippen molar-refractivity contribution in [1.29, 1.82) is 0 Å². The van der Waals surface area contributed by atoms with Gasteiger partial charge in [0.2, 0.25) is 0 Å². The maximum Gasteiger partial charge on any atom is 0.314 e. The molecule has 3 aromatic carbocycles. The number of phenols is 2. The minimum absolute atomic E-state index is 0.0208. The average Bonchev–Trinajstić information content (AvgIpc) is 3.72. The molecular weight excluding hydrogens is 633 g/mol. The van der Waals surface area contributed by atoms with E-state index in [2.05, 4.69) is 65.5 Å². The van der Waals surface area contributed by atoms with Crippen LogP contribution in [0.2, 0.25) is 0 Å². The number of allylic oxidation sites excluding steroid dienone is 2. The lowest BCUT2D eigenvalue weighted by atomic mass is 9.84. The molecule has 2 fully saturated rings. The van der Waals surface area contributed by atoms with E-state index in [4.69, 9.17) is 14.7 Å². The molecule has 0 spiro atoms. The van der Waals surface area contributed by atoms with E-state index in [1.54, 1.807) is 18.3 Å². The van der Waals surface area contributed by atoms with Gasteiger partial charge in [0, 0.05) is 45.8 Å². The van der Waals surface area contributed by atoms with Gasteiger partial charge in [-0.1, -0.05) is 84.4 Å². The van der Waals surface area contributed by atoms with Crippen LogP contribution < -0.4 is 4.74 Å². The summed E-state index contributed by atoms with van der Waals surface area (Å²) in [5.74, 6) is 8.20. The fraction of sp³-hybridized carbons (Fsp3) is 0.444. The number of carbonyl (C=O) groups is 1. The zero-order valence-electron chi connectivity index (χ0n) is 31.2. The summed E-state index contributed by atoms with van der Waals surface area (Å²) in [5.41, 5.74) is 5.25. The minimum Gasteiger partial charge on any atom is -0.507 e. The number of esters is 1. The number of ether oxygens (including phenoxy) is 1. The second-order valence-electron chi connectivity index (χ2n) is 16.8. The largest absolute Gasteiger partial charge is 0.507 e. The minimum atomic E-state index is -0.316. The first-order valence-electron chi connectivity index (χ1n) is 18.5. The molecule has 0 aromatic heterocycles. The van der Waals surface area contributed by atoms with Crippen LogP contribution in [0.1, 0.15) is 119 Å². The fourth-order valence-electron chi connectivity index (χ4n) is 7.66. The van der Waals surface area contributed by atoms with Gasteiger partial charge in [-0.2, -0.15) is 0 Å². The molecule has 0 saturated heterocycles. The fourth-order valence-corrected chi connectivity index (χ4v) is 7.66. The highest BCUT2D eigenvalue weighted by atomic mass is 16.5. The number of hydrogen-bond donors (Lipinski definition) is 2. The van der Waals surface area contributed by atoms with E-state index in [-0.39, 0.29) is 46.3 Å². The molecule has 6 nitrogen and oxygen atoms in total. The molecule has 5 atom stereocenters. The van der Waals surface area contributed by atoms with Gasteiger partial charge in [-0.05, 0) is 103 Å². The monoisotopic (exact) mass is 684 g/mol. The van der Waals surface area contributed by atoms with E-state index >= 15 is 0 Å². The van der Waals surface area contributed by atoms with E-state index in [0.717, 1.165) is 71.9 Å². The standard InChI is InChI=1S/C45H52N2O4/c1-28-20-33(41(48)37(21-28)44(2,3)4)26-46-39-10-8-9-11-40(39)47-27-34-23-31(25-38(42(34)49)45(5,6)7)13-12-29-15-18-35(19-16-29)51-43(50)36-24-30-14-17-32(36)22-30/h14-21,23,25-27,30,32,36,39-40,48-49H,8-11,22,24H2,1-7H3/b46-26+,47-27+/t30?,32?,36?,39-,40-/m1/s1. The van der Waals surface area contributed by atoms with E-state index in [1.165, 1.54) is 0 Å². The van der Waals surface area contributed by atoms with Gasteiger partial charge in [0.05, 0.1) is 18.0 Å².